The van der Waals surface area contributed by atoms with E-state index in [0.717, 1.165) is 32.2 Å². The molecule has 136 valence electrons. The zero-order valence-electron chi connectivity index (χ0n) is 14.6. The first-order valence-electron chi connectivity index (χ1n) is 8.88. The van der Waals surface area contributed by atoms with E-state index >= 15 is 0 Å². The van der Waals surface area contributed by atoms with Crippen LogP contribution in [0.25, 0.3) is 11.4 Å². The van der Waals surface area contributed by atoms with Crippen LogP contribution in [0.2, 0.25) is 0 Å². The van der Waals surface area contributed by atoms with Crippen LogP contribution in [0.4, 0.5) is 4.39 Å². The van der Waals surface area contributed by atoms with Gasteiger partial charge in [-0.25, -0.2) is 4.39 Å². The fourth-order valence-electron chi connectivity index (χ4n) is 3.25. The fraction of sp³-hybridized carbons (Fsp3) is 0.444. The van der Waals surface area contributed by atoms with Gasteiger partial charge in [0.15, 0.2) is 5.82 Å². The van der Waals surface area contributed by atoms with E-state index < -0.39 is 0 Å². The first-order chi connectivity index (χ1) is 12.7. The third kappa shape index (κ3) is 3.37. The first kappa shape index (κ1) is 16.8. The lowest BCUT2D eigenvalue weighted by atomic mass is 10.0. The summed E-state index contributed by atoms with van der Waals surface area (Å²) in [5.74, 6) is 1.69. The smallest absolute Gasteiger partial charge is 0.244 e. The molecule has 0 amide bonds. The summed E-state index contributed by atoms with van der Waals surface area (Å²) in [7, 11) is 0. The van der Waals surface area contributed by atoms with Crippen molar-refractivity contribution in [1.29, 1.82) is 0 Å². The number of rotatable bonds is 5. The monoisotopic (exact) mass is 357 g/mol. The molecular formula is C18H20FN5O2. The molecule has 1 atom stereocenters. The Morgan fingerprint density at radius 3 is 2.85 bits per heavy atom. The highest BCUT2D eigenvalue weighted by molar-refractivity contribution is 5.54. The second-order valence-electron chi connectivity index (χ2n) is 6.38. The molecule has 0 aliphatic carbocycles. The van der Waals surface area contributed by atoms with Crippen LogP contribution in [0.3, 0.4) is 0 Å². The van der Waals surface area contributed by atoms with Crippen molar-refractivity contribution in [2.24, 2.45) is 0 Å². The standard InChI is InChI=1S/C18H20FN5O2/c1-2-15-20-18(26-22-15)14-9-5-6-10-24(14)11-16-21-17(23-25-16)12-7-3-4-8-13(12)19/h3-4,7-8,14H,2,5-6,9-11H2,1H3/t14-/m0/s1. The highest BCUT2D eigenvalue weighted by atomic mass is 19.1. The van der Waals surface area contributed by atoms with Gasteiger partial charge >= 0.3 is 0 Å². The van der Waals surface area contributed by atoms with Crippen LogP contribution in [0.15, 0.2) is 33.3 Å². The molecule has 2 aromatic heterocycles. The molecule has 0 saturated carbocycles. The largest absolute Gasteiger partial charge is 0.338 e. The molecular weight excluding hydrogens is 337 g/mol. The maximum atomic E-state index is 13.9. The molecule has 1 fully saturated rings. The van der Waals surface area contributed by atoms with Crippen molar-refractivity contribution in [3.05, 3.63) is 47.7 Å². The molecule has 1 saturated heterocycles. The number of hydrogen-bond acceptors (Lipinski definition) is 7. The van der Waals surface area contributed by atoms with Gasteiger partial charge in [0.1, 0.15) is 5.82 Å². The van der Waals surface area contributed by atoms with Crippen LogP contribution in [0.1, 0.15) is 49.8 Å². The van der Waals surface area contributed by atoms with Crippen LogP contribution in [0, 0.1) is 5.82 Å². The van der Waals surface area contributed by atoms with Gasteiger partial charge in [0.2, 0.25) is 17.6 Å². The van der Waals surface area contributed by atoms with Crippen molar-refractivity contribution in [1.82, 2.24) is 25.2 Å². The Bertz CT molecular complexity index is 878. The average molecular weight is 357 g/mol. The maximum absolute atomic E-state index is 13.9. The molecule has 3 heterocycles. The minimum absolute atomic E-state index is 0.0420. The Morgan fingerprint density at radius 2 is 2.04 bits per heavy atom. The Hall–Kier alpha value is -2.61. The lowest BCUT2D eigenvalue weighted by Crippen LogP contribution is -2.33. The van der Waals surface area contributed by atoms with Crippen molar-refractivity contribution in [2.75, 3.05) is 6.54 Å². The van der Waals surface area contributed by atoms with Gasteiger partial charge in [0.05, 0.1) is 18.2 Å². The summed E-state index contributed by atoms with van der Waals surface area (Å²) >= 11 is 0. The highest BCUT2D eigenvalue weighted by Gasteiger charge is 2.30. The van der Waals surface area contributed by atoms with Gasteiger partial charge in [0, 0.05) is 6.42 Å². The molecule has 0 spiro atoms. The molecule has 0 unspecified atom stereocenters. The van der Waals surface area contributed by atoms with Crippen LogP contribution in [0.5, 0.6) is 0 Å². The van der Waals surface area contributed by atoms with Crippen molar-refractivity contribution in [2.45, 2.75) is 45.2 Å². The Balaban J connectivity index is 1.53. The summed E-state index contributed by atoms with van der Waals surface area (Å²) in [6.45, 7) is 3.35. The van der Waals surface area contributed by atoms with Gasteiger partial charge in [-0.3, -0.25) is 4.90 Å². The van der Waals surface area contributed by atoms with E-state index in [-0.39, 0.29) is 17.7 Å². The van der Waals surface area contributed by atoms with E-state index in [4.69, 9.17) is 9.05 Å². The van der Waals surface area contributed by atoms with Crippen LogP contribution in [-0.4, -0.2) is 31.7 Å². The molecule has 1 aromatic carbocycles. The van der Waals surface area contributed by atoms with Crippen LogP contribution in [-0.2, 0) is 13.0 Å². The number of aromatic nitrogens is 4. The van der Waals surface area contributed by atoms with E-state index in [1.807, 2.05) is 6.92 Å². The number of nitrogens with zero attached hydrogens (tertiary/aromatic N) is 5. The number of halogens is 1. The summed E-state index contributed by atoms with van der Waals surface area (Å²) in [5, 5.41) is 7.92. The Morgan fingerprint density at radius 1 is 1.15 bits per heavy atom. The number of piperidine rings is 1. The topological polar surface area (TPSA) is 81.1 Å². The molecule has 0 radical (unpaired) electrons. The molecule has 1 aliphatic rings. The highest BCUT2D eigenvalue weighted by Crippen LogP contribution is 2.31. The molecule has 0 N–H and O–H groups in total. The predicted octanol–water partition coefficient (Wildman–Crippen LogP) is 3.55. The SMILES string of the molecule is CCc1noc([C@@H]2CCCCN2Cc2nc(-c3ccccc3F)no2)n1. The number of hydrogen-bond donors (Lipinski definition) is 0. The van der Waals surface area contributed by atoms with Crippen molar-refractivity contribution >= 4 is 0 Å². The third-order valence-electron chi connectivity index (χ3n) is 4.62. The summed E-state index contributed by atoms with van der Waals surface area (Å²) in [6.07, 6.45) is 3.88. The molecule has 3 aromatic rings. The second-order valence-corrected chi connectivity index (χ2v) is 6.38. The quantitative estimate of drug-likeness (QED) is 0.690. The first-order valence-corrected chi connectivity index (χ1v) is 8.88. The van der Waals surface area contributed by atoms with Gasteiger partial charge in [-0.1, -0.05) is 35.8 Å². The lowest BCUT2D eigenvalue weighted by molar-refractivity contribution is 0.0986. The number of benzene rings is 1. The zero-order chi connectivity index (χ0) is 17.9. The van der Waals surface area contributed by atoms with E-state index in [0.29, 0.717) is 29.7 Å². The minimum atomic E-state index is -0.367. The van der Waals surface area contributed by atoms with Crippen LogP contribution >= 0.6 is 0 Å². The predicted molar refractivity (Wildman–Crippen MR) is 90.4 cm³/mol. The molecule has 0 bridgehead atoms. The van der Waals surface area contributed by atoms with Gasteiger partial charge < -0.3 is 9.05 Å². The normalized spacial score (nSPS) is 18.3. The molecule has 7 nitrogen and oxygen atoms in total. The average Bonchev–Trinajstić information content (AvgIpc) is 3.32. The van der Waals surface area contributed by atoms with Crippen molar-refractivity contribution in [3.8, 4) is 11.4 Å². The molecule has 26 heavy (non-hydrogen) atoms. The third-order valence-corrected chi connectivity index (χ3v) is 4.62. The van der Waals surface area contributed by atoms with E-state index in [2.05, 4.69) is 25.2 Å². The lowest BCUT2D eigenvalue weighted by Gasteiger charge is -2.31. The van der Waals surface area contributed by atoms with Crippen molar-refractivity contribution < 1.29 is 13.4 Å². The van der Waals surface area contributed by atoms with Crippen LogP contribution < -0.4 is 0 Å². The second kappa shape index (κ2) is 7.33. The summed E-state index contributed by atoms with van der Waals surface area (Å²) in [6, 6.07) is 6.44. The maximum Gasteiger partial charge on any atom is 0.244 e. The zero-order valence-corrected chi connectivity index (χ0v) is 14.6. The van der Waals surface area contributed by atoms with Gasteiger partial charge in [-0.05, 0) is 31.5 Å². The Kier molecular flexibility index (Phi) is 4.75. The molecule has 1 aliphatic heterocycles. The van der Waals surface area contributed by atoms with Gasteiger partial charge in [-0.15, -0.1) is 0 Å². The summed E-state index contributed by atoms with van der Waals surface area (Å²) < 4.78 is 24.7. The number of likely N-dealkylation sites (tertiary alicyclic amines) is 1. The van der Waals surface area contributed by atoms with Gasteiger partial charge in [-0.2, -0.15) is 9.97 Å². The van der Waals surface area contributed by atoms with E-state index in [1.54, 1.807) is 18.2 Å². The summed E-state index contributed by atoms with van der Waals surface area (Å²) in [5.41, 5.74) is 0.335. The van der Waals surface area contributed by atoms with E-state index in [9.17, 15) is 4.39 Å². The van der Waals surface area contributed by atoms with Gasteiger partial charge in [0.25, 0.3) is 0 Å². The van der Waals surface area contributed by atoms with Crippen molar-refractivity contribution in [3.63, 3.8) is 0 Å². The Labute approximate surface area is 150 Å². The fourth-order valence-corrected chi connectivity index (χ4v) is 3.25. The number of aryl methyl sites for hydroxylation is 1. The molecule has 8 heteroatoms. The molecule has 4 rings (SSSR count). The summed E-state index contributed by atoms with van der Waals surface area (Å²) in [4.78, 5) is 11.0. The van der Waals surface area contributed by atoms with E-state index in [1.165, 1.54) is 6.07 Å². The minimum Gasteiger partial charge on any atom is -0.338 e.